The minimum absolute atomic E-state index is 0.0518. The molecule has 1 aliphatic rings. The average molecular weight is 534 g/mol. The Hall–Kier alpha value is -2.58. The van der Waals surface area contributed by atoms with E-state index in [-0.39, 0.29) is 24.4 Å². The number of halogens is 1. The van der Waals surface area contributed by atoms with Crippen LogP contribution in [-0.2, 0) is 26.2 Å². The third-order valence-corrected chi connectivity index (χ3v) is 8.17. The summed E-state index contributed by atoms with van der Waals surface area (Å²) in [6.45, 7) is 5.28. The van der Waals surface area contributed by atoms with Gasteiger partial charge in [0.1, 0.15) is 12.6 Å². The molecule has 1 saturated carbocycles. The number of hydrogen-bond donors (Lipinski definition) is 1. The Bertz CT molecular complexity index is 1180. The van der Waals surface area contributed by atoms with Crippen LogP contribution in [-0.4, -0.2) is 50.0 Å². The van der Waals surface area contributed by atoms with Crippen molar-refractivity contribution < 1.29 is 18.0 Å². The van der Waals surface area contributed by atoms with Crippen LogP contribution in [0, 0.1) is 0 Å². The van der Waals surface area contributed by atoms with E-state index in [1.54, 1.807) is 37.3 Å². The minimum atomic E-state index is -3.79. The third kappa shape index (κ3) is 7.01. The first-order valence-electron chi connectivity index (χ1n) is 12.4. The van der Waals surface area contributed by atoms with Gasteiger partial charge < -0.3 is 10.2 Å². The molecular weight excluding hydrogens is 498 g/mol. The molecule has 0 saturated heterocycles. The summed E-state index contributed by atoms with van der Waals surface area (Å²) in [5.41, 5.74) is 1.96. The van der Waals surface area contributed by atoms with Crippen molar-refractivity contribution in [1.82, 2.24) is 10.2 Å². The molecule has 0 aliphatic heterocycles. The van der Waals surface area contributed by atoms with E-state index in [0.717, 1.165) is 41.8 Å². The van der Waals surface area contributed by atoms with Crippen LogP contribution in [0.4, 0.5) is 5.69 Å². The molecule has 1 atom stereocenters. The Balaban J connectivity index is 1.94. The lowest BCUT2D eigenvalue weighted by molar-refractivity contribution is -0.139. The smallest absolute Gasteiger partial charge is 0.244 e. The summed E-state index contributed by atoms with van der Waals surface area (Å²) in [5, 5.41) is 3.53. The fourth-order valence-electron chi connectivity index (χ4n) is 4.58. The zero-order valence-corrected chi connectivity index (χ0v) is 23.0. The highest BCUT2D eigenvalue weighted by Gasteiger charge is 2.32. The maximum Gasteiger partial charge on any atom is 0.244 e. The monoisotopic (exact) mass is 533 g/mol. The van der Waals surface area contributed by atoms with Gasteiger partial charge in [0.2, 0.25) is 21.8 Å². The summed E-state index contributed by atoms with van der Waals surface area (Å²) in [6, 6.07) is 13.6. The molecule has 196 valence electrons. The second-order valence-electron chi connectivity index (χ2n) is 9.76. The molecule has 1 N–H and O–H groups in total. The molecule has 0 heterocycles. The number of nitrogens with one attached hydrogen (secondary N) is 1. The molecule has 2 aromatic rings. The van der Waals surface area contributed by atoms with Crippen LogP contribution in [0.5, 0.6) is 0 Å². The van der Waals surface area contributed by atoms with Crippen LogP contribution in [0.1, 0.15) is 63.5 Å². The number of rotatable bonds is 10. The molecule has 9 heteroatoms. The molecule has 0 radical (unpaired) electrons. The van der Waals surface area contributed by atoms with E-state index in [9.17, 15) is 18.0 Å². The van der Waals surface area contributed by atoms with Crippen LogP contribution in [0.15, 0.2) is 48.5 Å². The summed E-state index contributed by atoms with van der Waals surface area (Å²) in [5.74, 6) is -0.681. The molecule has 2 aromatic carbocycles. The maximum atomic E-state index is 13.8. The Labute approximate surface area is 219 Å². The summed E-state index contributed by atoms with van der Waals surface area (Å²) >= 11 is 6.38. The molecule has 0 aromatic heterocycles. The van der Waals surface area contributed by atoms with Gasteiger partial charge in [-0.3, -0.25) is 13.9 Å². The first-order valence-corrected chi connectivity index (χ1v) is 14.6. The summed E-state index contributed by atoms with van der Waals surface area (Å²) in [7, 11) is -3.79. The lowest BCUT2D eigenvalue weighted by atomic mass is 10.0. The van der Waals surface area contributed by atoms with E-state index in [4.69, 9.17) is 11.6 Å². The maximum absolute atomic E-state index is 13.8. The zero-order valence-electron chi connectivity index (χ0n) is 21.4. The topological polar surface area (TPSA) is 86.8 Å². The number of sulfonamides is 1. The van der Waals surface area contributed by atoms with Crippen molar-refractivity contribution >= 4 is 39.1 Å². The van der Waals surface area contributed by atoms with E-state index in [1.165, 1.54) is 4.90 Å². The molecule has 7 nitrogen and oxygen atoms in total. The number of nitrogens with zero attached hydrogens (tertiary/aromatic N) is 2. The molecule has 1 fully saturated rings. The van der Waals surface area contributed by atoms with Crippen LogP contribution in [0.3, 0.4) is 0 Å². The SMILES string of the molecule is CC(C)c1ccccc1N(CC(=O)N(Cc1ccccc1Cl)[C@@H](C)C(=O)NC1CCCC1)S(C)(=O)=O. The van der Waals surface area contributed by atoms with Crippen molar-refractivity contribution in [2.24, 2.45) is 0 Å². The predicted molar refractivity (Wildman–Crippen MR) is 145 cm³/mol. The molecule has 0 unspecified atom stereocenters. The quantitative estimate of drug-likeness (QED) is 0.479. The number of hydrogen-bond acceptors (Lipinski definition) is 4. The van der Waals surface area contributed by atoms with Gasteiger partial charge in [-0.05, 0) is 48.9 Å². The number of amides is 2. The summed E-state index contributed by atoms with van der Waals surface area (Å²) in [4.78, 5) is 28.3. The van der Waals surface area contributed by atoms with Gasteiger partial charge in [-0.2, -0.15) is 0 Å². The molecule has 2 amide bonds. The fourth-order valence-corrected chi connectivity index (χ4v) is 5.65. The number of carbonyl (C=O) groups is 2. The van der Waals surface area contributed by atoms with E-state index >= 15 is 0 Å². The molecule has 0 bridgehead atoms. The van der Waals surface area contributed by atoms with Gasteiger partial charge in [-0.25, -0.2) is 8.42 Å². The average Bonchev–Trinajstić information content (AvgIpc) is 3.33. The van der Waals surface area contributed by atoms with Crippen molar-refractivity contribution in [2.45, 2.75) is 71.0 Å². The van der Waals surface area contributed by atoms with E-state index in [1.807, 2.05) is 32.0 Å². The Kier molecular flexibility index (Phi) is 9.41. The molecule has 0 spiro atoms. The van der Waals surface area contributed by atoms with Gasteiger partial charge >= 0.3 is 0 Å². The van der Waals surface area contributed by atoms with Gasteiger partial charge in [-0.15, -0.1) is 0 Å². The van der Waals surface area contributed by atoms with Gasteiger partial charge in [0, 0.05) is 17.6 Å². The minimum Gasteiger partial charge on any atom is -0.352 e. The normalized spacial score (nSPS) is 15.1. The Morgan fingerprint density at radius 2 is 1.64 bits per heavy atom. The lowest BCUT2D eigenvalue weighted by Crippen LogP contribution is -2.52. The van der Waals surface area contributed by atoms with Crippen LogP contribution in [0.2, 0.25) is 5.02 Å². The van der Waals surface area contributed by atoms with Crippen LogP contribution >= 0.6 is 11.6 Å². The highest BCUT2D eigenvalue weighted by Crippen LogP contribution is 2.29. The van der Waals surface area contributed by atoms with Crippen molar-refractivity contribution in [1.29, 1.82) is 0 Å². The van der Waals surface area contributed by atoms with Gasteiger partial charge in [0.15, 0.2) is 0 Å². The van der Waals surface area contributed by atoms with Gasteiger partial charge in [0.05, 0.1) is 11.9 Å². The van der Waals surface area contributed by atoms with Crippen molar-refractivity contribution in [2.75, 3.05) is 17.1 Å². The zero-order chi connectivity index (χ0) is 26.5. The van der Waals surface area contributed by atoms with Crippen LogP contribution < -0.4 is 9.62 Å². The molecule has 1 aliphatic carbocycles. The van der Waals surface area contributed by atoms with Crippen LogP contribution in [0.25, 0.3) is 0 Å². The standard InChI is InChI=1S/C27H36ClN3O4S/c1-19(2)23-14-8-10-16-25(23)31(36(4,34)35)18-26(32)30(17-21-11-5-9-15-24(21)28)20(3)27(33)29-22-12-6-7-13-22/h5,8-11,14-16,19-20,22H,6-7,12-13,17-18H2,1-4H3,(H,29,33)/t20-/m0/s1. The number of para-hydroxylation sites is 1. The lowest BCUT2D eigenvalue weighted by Gasteiger charge is -2.33. The van der Waals surface area contributed by atoms with Crippen molar-refractivity contribution in [3.05, 3.63) is 64.7 Å². The molecular formula is C27H36ClN3O4S. The van der Waals surface area contributed by atoms with E-state index < -0.39 is 28.5 Å². The summed E-state index contributed by atoms with van der Waals surface area (Å²) in [6.07, 6.45) is 5.07. The second-order valence-corrected chi connectivity index (χ2v) is 12.1. The molecule has 36 heavy (non-hydrogen) atoms. The predicted octanol–water partition coefficient (Wildman–Crippen LogP) is 4.71. The third-order valence-electron chi connectivity index (χ3n) is 6.67. The summed E-state index contributed by atoms with van der Waals surface area (Å²) < 4.78 is 26.9. The number of benzene rings is 2. The van der Waals surface area contributed by atoms with Gasteiger partial charge in [-0.1, -0.05) is 74.7 Å². The van der Waals surface area contributed by atoms with Gasteiger partial charge in [0.25, 0.3) is 0 Å². The highest BCUT2D eigenvalue weighted by molar-refractivity contribution is 7.92. The highest BCUT2D eigenvalue weighted by atomic mass is 35.5. The van der Waals surface area contributed by atoms with E-state index in [0.29, 0.717) is 16.3 Å². The first kappa shape index (κ1) is 28.0. The van der Waals surface area contributed by atoms with Crippen molar-refractivity contribution in [3.63, 3.8) is 0 Å². The fraction of sp³-hybridized carbons (Fsp3) is 0.481. The largest absolute Gasteiger partial charge is 0.352 e. The number of carbonyl (C=O) groups excluding carboxylic acids is 2. The second kappa shape index (κ2) is 12.1. The molecule has 3 rings (SSSR count). The Morgan fingerprint density at radius 3 is 2.25 bits per heavy atom. The number of anilines is 1. The van der Waals surface area contributed by atoms with E-state index in [2.05, 4.69) is 5.32 Å². The first-order chi connectivity index (χ1) is 17.0. The Morgan fingerprint density at radius 1 is 1.03 bits per heavy atom. The van der Waals surface area contributed by atoms with Crippen molar-refractivity contribution in [3.8, 4) is 0 Å².